The van der Waals surface area contributed by atoms with Crippen molar-refractivity contribution >= 4 is 17.0 Å². The molecule has 0 saturated heterocycles. The zero-order valence-corrected chi connectivity index (χ0v) is 14.7. The molecule has 0 saturated carbocycles. The highest BCUT2D eigenvalue weighted by Gasteiger charge is 2.06. The molecule has 4 heteroatoms. The Bertz CT molecular complexity index is 935. The minimum Gasteiger partial charge on any atom is -0.508 e. The Labute approximate surface area is 152 Å². The van der Waals surface area contributed by atoms with Gasteiger partial charge in [0.25, 0.3) is 0 Å². The molecule has 0 aliphatic carbocycles. The van der Waals surface area contributed by atoms with Crippen LogP contribution in [0.4, 0.5) is 4.39 Å². The van der Waals surface area contributed by atoms with Gasteiger partial charge in [-0.15, -0.1) is 0 Å². The van der Waals surface area contributed by atoms with E-state index in [0.717, 1.165) is 30.2 Å². The van der Waals surface area contributed by atoms with E-state index in [1.807, 2.05) is 24.3 Å². The lowest BCUT2D eigenvalue weighted by molar-refractivity contribution is 0.182. The molecule has 0 fully saturated rings. The Kier molecular flexibility index (Phi) is 5.64. The number of aromatic hydroxyl groups is 1. The van der Waals surface area contributed by atoms with Gasteiger partial charge in [0.15, 0.2) is 0 Å². The van der Waals surface area contributed by atoms with E-state index in [1.165, 1.54) is 6.07 Å². The van der Waals surface area contributed by atoms with Crippen LogP contribution < -0.4 is 0 Å². The van der Waals surface area contributed by atoms with Crippen LogP contribution in [0.15, 0.2) is 54.6 Å². The summed E-state index contributed by atoms with van der Waals surface area (Å²) in [5.41, 5.74) is 2.69. The predicted molar refractivity (Wildman–Crippen MR) is 103 cm³/mol. The van der Waals surface area contributed by atoms with Crippen LogP contribution in [0, 0.1) is 5.82 Å². The molecule has 0 radical (unpaired) electrons. The molecule has 0 aliphatic rings. The first-order chi connectivity index (χ1) is 12.5. The van der Waals surface area contributed by atoms with Crippen LogP contribution in [0.25, 0.3) is 28.2 Å². The summed E-state index contributed by atoms with van der Waals surface area (Å²) in [6.45, 7) is 1.77. The van der Waals surface area contributed by atoms with Crippen LogP contribution in [0.2, 0.25) is 0 Å². The summed E-state index contributed by atoms with van der Waals surface area (Å²) in [6.07, 6.45) is 5.85. The van der Waals surface area contributed by atoms with Crippen molar-refractivity contribution in [2.24, 2.45) is 0 Å². The Morgan fingerprint density at radius 2 is 1.96 bits per heavy atom. The van der Waals surface area contributed by atoms with Gasteiger partial charge in [-0.3, -0.25) is 0 Å². The molecule has 3 rings (SSSR count). The van der Waals surface area contributed by atoms with Gasteiger partial charge in [-0.2, -0.15) is 0 Å². The Hall–Kier alpha value is -2.72. The highest BCUT2D eigenvalue weighted by Crippen LogP contribution is 2.25. The molecule has 1 atom stereocenters. The number of aliphatic hydroxyl groups excluding tert-OH is 1. The number of benzene rings is 2. The van der Waals surface area contributed by atoms with Gasteiger partial charge in [0, 0.05) is 16.5 Å². The summed E-state index contributed by atoms with van der Waals surface area (Å²) in [4.78, 5) is 4.54. The number of rotatable bonds is 6. The molecule has 2 aromatic carbocycles. The first-order valence-electron chi connectivity index (χ1n) is 8.77. The zero-order chi connectivity index (χ0) is 18.5. The van der Waals surface area contributed by atoms with Crippen LogP contribution in [-0.2, 0) is 0 Å². The van der Waals surface area contributed by atoms with E-state index in [1.54, 1.807) is 37.3 Å². The van der Waals surface area contributed by atoms with Gasteiger partial charge in [0.1, 0.15) is 11.6 Å². The summed E-state index contributed by atoms with van der Waals surface area (Å²) in [6, 6.07) is 13.8. The highest BCUT2D eigenvalue weighted by molar-refractivity contribution is 5.82. The quantitative estimate of drug-likeness (QED) is 0.592. The minimum absolute atomic E-state index is 0.197. The van der Waals surface area contributed by atoms with Crippen LogP contribution >= 0.6 is 0 Å². The van der Waals surface area contributed by atoms with E-state index in [9.17, 15) is 14.6 Å². The number of halogens is 1. The molecule has 0 bridgehead atoms. The largest absolute Gasteiger partial charge is 0.508 e. The molecular weight excluding hydrogens is 329 g/mol. The van der Waals surface area contributed by atoms with Gasteiger partial charge < -0.3 is 10.2 Å². The number of phenolic OH excluding ortho intramolecular Hbond substituents is 1. The zero-order valence-electron chi connectivity index (χ0n) is 14.7. The Morgan fingerprint density at radius 1 is 1.12 bits per heavy atom. The third-order valence-electron chi connectivity index (χ3n) is 4.26. The fraction of sp³-hybridized carbons (Fsp3) is 0.227. The van der Waals surface area contributed by atoms with E-state index in [-0.39, 0.29) is 17.7 Å². The third-order valence-corrected chi connectivity index (χ3v) is 4.26. The second-order valence-electron chi connectivity index (χ2n) is 6.49. The van der Waals surface area contributed by atoms with Gasteiger partial charge >= 0.3 is 0 Å². The summed E-state index contributed by atoms with van der Waals surface area (Å²) >= 11 is 0. The molecule has 0 amide bonds. The number of aromatic nitrogens is 1. The number of hydrogen-bond acceptors (Lipinski definition) is 3. The maximum absolute atomic E-state index is 14.4. The van der Waals surface area contributed by atoms with E-state index < -0.39 is 0 Å². The molecule has 1 unspecified atom stereocenters. The first-order valence-corrected chi connectivity index (χ1v) is 8.77. The number of pyridine rings is 1. The first kappa shape index (κ1) is 18.1. The summed E-state index contributed by atoms with van der Waals surface area (Å²) in [5, 5.41) is 19.6. The summed E-state index contributed by atoms with van der Waals surface area (Å²) < 4.78 is 14.4. The average molecular weight is 351 g/mol. The number of phenols is 1. The number of aliphatic hydroxyl groups is 1. The van der Waals surface area contributed by atoms with Crippen molar-refractivity contribution in [3.63, 3.8) is 0 Å². The highest BCUT2D eigenvalue weighted by atomic mass is 19.1. The van der Waals surface area contributed by atoms with Crippen molar-refractivity contribution in [2.45, 2.75) is 32.3 Å². The fourth-order valence-electron chi connectivity index (χ4n) is 2.84. The van der Waals surface area contributed by atoms with Gasteiger partial charge in [-0.05, 0) is 56.5 Å². The topological polar surface area (TPSA) is 53.4 Å². The SMILES string of the molecule is CC(O)CCCC=Cc1ccc(-c2ccc3cc(O)ccc3n2)cc1F. The molecule has 134 valence electrons. The fourth-order valence-corrected chi connectivity index (χ4v) is 2.84. The number of unbranched alkanes of at least 4 members (excludes halogenated alkanes) is 1. The molecule has 3 nitrogen and oxygen atoms in total. The molecular formula is C22H22FNO2. The molecule has 3 aromatic rings. The van der Waals surface area contributed by atoms with E-state index >= 15 is 0 Å². The maximum Gasteiger partial charge on any atom is 0.131 e. The second-order valence-corrected chi connectivity index (χ2v) is 6.49. The van der Waals surface area contributed by atoms with E-state index in [2.05, 4.69) is 4.98 Å². The van der Waals surface area contributed by atoms with Crippen molar-refractivity contribution < 1.29 is 14.6 Å². The second kappa shape index (κ2) is 8.11. The van der Waals surface area contributed by atoms with E-state index in [0.29, 0.717) is 16.8 Å². The number of allylic oxidation sites excluding steroid dienone is 1. The molecule has 0 aliphatic heterocycles. The Balaban J connectivity index is 1.76. The normalized spacial score (nSPS) is 12.7. The van der Waals surface area contributed by atoms with Crippen molar-refractivity contribution in [1.82, 2.24) is 4.98 Å². The molecule has 1 heterocycles. The van der Waals surface area contributed by atoms with Crippen LogP contribution in [0.1, 0.15) is 31.7 Å². The van der Waals surface area contributed by atoms with Crippen LogP contribution in [0.3, 0.4) is 0 Å². The van der Waals surface area contributed by atoms with Crippen LogP contribution in [0.5, 0.6) is 5.75 Å². The summed E-state index contributed by atoms with van der Waals surface area (Å²) in [7, 11) is 0. The Morgan fingerprint density at radius 3 is 2.73 bits per heavy atom. The lowest BCUT2D eigenvalue weighted by atomic mass is 10.1. The predicted octanol–water partition coefficient (Wildman–Crippen LogP) is 5.31. The minimum atomic E-state index is -0.294. The van der Waals surface area contributed by atoms with Gasteiger partial charge in [-0.1, -0.05) is 30.4 Å². The van der Waals surface area contributed by atoms with Gasteiger partial charge in [-0.25, -0.2) is 9.37 Å². The number of fused-ring (bicyclic) bond motifs is 1. The van der Waals surface area contributed by atoms with E-state index in [4.69, 9.17) is 0 Å². The third kappa shape index (κ3) is 4.46. The lowest BCUT2D eigenvalue weighted by Crippen LogP contribution is -1.97. The molecule has 1 aromatic heterocycles. The maximum atomic E-state index is 14.4. The lowest BCUT2D eigenvalue weighted by Gasteiger charge is -2.06. The van der Waals surface area contributed by atoms with Crippen LogP contribution in [-0.4, -0.2) is 21.3 Å². The average Bonchev–Trinajstić information content (AvgIpc) is 2.62. The number of nitrogens with zero attached hydrogens (tertiary/aromatic N) is 1. The molecule has 0 spiro atoms. The summed E-state index contributed by atoms with van der Waals surface area (Å²) in [5.74, 6) is -0.0930. The monoisotopic (exact) mass is 351 g/mol. The van der Waals surface area contributed by atoms with Crippen molar-refractivity contribution in [3.05, 3.63) is 66.0 Å². The van der Waals surface area contributed by atoms with Crippen molar-refractivity contribution in [1.29, 1.82) is 0 Å². The van der Waals surface area contributed by atoms with Crippen molar-refractivity contribution in [3.8, 4) is 17.0 Å². The smallest absolute Gasteiger partial charge is 0.131 e. The van der Waals surface area contributed by atoms with Crippen molar-refractivity contribution in [2.75, 3.05) is 0 Å². The standard InChI is InChI=1S/C22H22FNO2/c1-15(25)5-3-2-4-6-16-7-8-18(14-20(16)23)21-11-9-17-13-19(26)10-12-22(17)24-21/h4,6-15,25-26H,2-3,5H2,1H3. The number of hydrogen-bond donors (Lipinski definition) is 2. The molecule has 26 heavy (non-hydrogen) atoms. The van der Waals surface area contributed by atoms with Gasteiger partial charge in [0.05, 0.1) is 17.3 Å². The van der Waals surface area contributed by atoms with Gasteiger partial charge in [0.2, 0.25) is 0 Å². The molecule has 2 N–H and O–H groups in total.